The van der Waals surface area contributed by atoms with Crippen molar-refractivity contribution in [3.63, 3.8) is 0 Å². The van der Waals surface area contributed by atoms with Crippen molar-refractivity contribution in [3.8, 4) is 0 Å². The summed E-state index contributed by atoms with van der Waals surface area (Å²) in [5.41, 5.74) is 3.85. The molecule has 1 aliphatic heterocycles. The molecule has 2 aromatic carbocycles. The van der Waals surface area contributed by atoms with Crippen molar-refractivity contribution in [2.24, 2.45) is 5.92 Å². The number of aryl methyl sites for hydroxylation is 1. The molecule has 1 aliphatic rings. The number of hydrogen-bond donors (Lipinski definition) is 1. The second kappa shape index (κ2) is 10.7. The van der Waals surface area contributed by atoms with E-state index in [-0.39, 0.29) is 23.6 Å². The van der Waals surface area contributed by atoms with E-state index in [0.717, 1.165) is 47.3 Å². The van der Waals surface area contributed by atoms with Crippen LogP contribution in [0.5, 0.6) is 0 Å². The van der Waals surface area contributed by atoms with Crippen LogP contribution in [0.2, 0.25) is 0 Å². The van der Waals surface area contributed by atoms with Gasteiger partial charge in [-0.15, -0.1) is 5.10 Å². The maximum atomic E-state index is 13.1. The third-order valence-corrected chi connectivity index (χ3v) is 6.93. The molecule has 36 heavy (non-hydrogen) atoms. The lowest BCUT2D eigenvalue weighted by Crippen LogP contribution is -2.36. The third kappa shape index (κ3) is 5.39. The average Bonchev–Trinajstić information content (AvgIpc) is 3.53. The Bertz CT molecular complexity index is 1360. The van der Waals surface area contributed by atoms with Crippen molar-refractivity contribution < 1.29 is 4.74 Å². The first kappa shape index (κ1) is 24.3. The minimum Gasteiger partial charge on any atom is -0.376 e. The van der Waals surface area contributed by atoms with Crippen LogP contribution in [0.15, 0.2) is 59.4 Å². The largest absolute Gasteiger partial charge is 0.376 e. The second-order valence-electron chi connectivity index (χ2n) is 10.1. The standard InChI is InChI=1S/C28H34N6O2/c1-19(2)26(27-30-31-32-34(27)18-24-10-7-13-36-24)33(16-21-8-5-4-6-9-21)17-23-15-22-14-20(3)11-12-25(22)29-28(23)35/h4-6,8-9,11-12,14-15,19,24,26H,7,10,13,16-18H2,1-3H3,(H,29,35)/t24-,26+/m1/s1. The molecule has 8 nitrogen and oxygen atoms in total. The molecule has 0 aliphatic carbocycles. The van der Waals surface area contributed by atoms with Gasteiger partial charge in [0.25, 0.3) is 5.56 Å². The number of fused-ring (bicyclic) bond motifs is 1. The van der Waals surface area contributed by atoms with Gasteiger partial charge in [0.1, 0.15) is 0 Å². The predicted molar refractivity (Wildman–Crippen MR) is 139 cm³/mol. The molecule has 0 spiro atoms. The van der Waals surface area contributed by atoms with Crippen LogP contribution >= 0.6 is 0 Å². The Hall–Kier alpha value is -3.36. The highest BCUT2D eigenvalue weighted by molar-refractivity contribution is 5.79. The maximum absolute atomic E-state index is 13.1. The number of hydrogen-bond acceptors (Lipinski definition) is 6. The molecule has 3 heterocycles. The number of nitrogens with one attached hydrogen (secondary N) is 1. The summed E-state index contributed by atoms with van der Waals surface area (Å²) < 4.78 is 7.76. The van der Waals surface area contributed by atoms with E-state index in [1.807, 2.05) is 41.1 Å². The fourth-order valence-corrected chi connectivity index (χ4v) is 5.20. The Morgan fingerprint density at radius 2 is 1.97 bits per heavy atom. The van der Waals surface area contributed by atoms with E-state index in [4.69, 9.17) is 4.74 Å². The molecule has 0 bridgehead atoms. The van der Waals surface area contributed by atoms with Crippen LogP contribution in [0.25, 0.3) is 10.9 Å². The van der Waals surface area contributed by atoms with Crippen LogP contribution in [0.1, 0.15) is 55.2 Å². The average molecular weight is 487 g/mol. The molecule has 1 N–H and O–H groups in total. The summed E-state index contributed by atoms with van der Waals surface area (Å²) in [6.45, 7) is 9.00. The molecule has 8 heteroatoms. The van der Waals surface area contributed by atoms with E-state index in [1.54, 1.807) is 0 Å². The molecular formula is C28H34N6O2. The summed E-state index contributed by atoms with van der Waals surface area (Å²) >= 11 is 0. The van der Waals surface area contributed by atoms with Crippen molar-refractivity contribution in [1.29, 1.82) is 0 Å². The van der Waals surface area contributed by atoms with Gasteiger partial charge in [0.2, 0.25) is 0 Å². The third-order valence-electron chi connectivity index (χ3n) is 6.93. The number of pyridine rings is 1. The van der Waals surface area contributed by atoms with Gasteiger partial charge in [0, 0.05) is 30.8 Å². The lowest BCUT2D eigenvalue weighted by molar-refractivity contribution is 0.0851. The lowest BCUT2D eigenvalue weighted by atomic mass is 9.99. The van der Waals surface area contributed by atoms with Crippen molar-refractivity contribution in [2.75, 3.05) is 6.61 Å². The SMILES string of the molecule is Cc1ccc2[nH]c(=O)c(CN(Cc3ccccc3)[C@H](c3nnnn3C[C@H]3CCCO3)C(C)C)cc2c1. The van der Waals surface area contributed by atoms with Crippen molar-refractivity contribution in [2.45, 2.75) is 65.4 Å². The van der Waals surface area contributed by atoms with Gasteiger partial charge in [-0.1, -0.05) is 55.8 Å². The highest BCUT2D eigenvalue weighted by Gasteiger charge is 2.31. The zero-order valence-corrected chi connectivity index (χ0v) is 21.2. The molecule has 0 amide bonds. The number of aromatic amines is 1. The Kier molecular flexibility index (Phi) is 7.25. The van der Waals surface area contributed by atoms with E-state index >= 15 is 0 Å². The van der Waals surface area contributed by atoms with Crippen LogP contribution in [-0.2, 0) is 24.4 Å². The summed E-state index contributed by atoms with van der Waals surface area (Å²) in [7, 11) is 0. The van der Waals surface area contributed by atoms with Crippen molar-refractivity contribution in [3.05, 3.63) is 87.5 Å². The zero-order valence-electron chi connectivity index (χ0n) is 21.2. The fourth-order valence-electron chi connectivity index (χ4n) is 5.20. The van der Waals surface area contributed by atoms with Crippen molar-refractivity contribution in [1.82, 2.24) is 30.1 Å². The molecule has 2 aromatic heterocycles. The summed E-state index contributed by atoms with van der Waals surface area (Å²) in [4.78, 5) is 18.5. The summed E-state index contributed by atoms with van der Waals surface area (Å²) in [5, 5.41) is 13.9. The molecule has 0 radical (unpaired) electrons. The zero-order chi connectivity index (χ0) is 25.1. The quantitative estimate of drug-likeness (QED) is 0.377. The first-order valence-electron chi connectivity index (χ1n) is 12.8. The van der Waals surface area contributed by atoms with E-state index in [1.165, 1.54) is 5.56 Å². The Labute approximate surface area is 211 Å². The maximum Gasteiger partial charge on any atom is 0.252 e. The highest BCUT2D eigenvalue weighted by atomic mass is 16.5. The van der Waals surface area contributed by atoms with Crippen LogP contribution < -0.4 is 5.56 Å². The number of benzene rings is 2. The van der Waals surface area contributed by atoms with Gasteiger partial charge in [-0.2, -0.15) is 0 Å². The lowest BCUT2D eigenvalue weighted by Gasteiger charge is -2.33. The molecule has 4 aromatic rings. The van der Waals surface area contributed by atoms with Crippen LogP contribution in [-0.4, -0.2) is 42.8 Å². The summed E-state index contributed by atoms with van der Waals surface area (Å²) in [6, 6.07) is 18.4. The number of aromatic nitrogens is 5. The number of tetrazole rings is 1. The first-order chi connectivity index (χ1) is 17.5. The van der Waals surface area contributed by atoms with E-state index < -0.39 is 0 Å². The molecule has 0 saturated carbocycles. The molecular weight excluding hydrogens is 452 g/mol. The Morgan fingerprint density at radius 3 is 2.72 bits per heavy atom. The smallest absolute Gasteiger partial charge is 0.252 e. The van der Waals surface area contributed by atoms with E-state index in [2.05, 4.69) is 64.4 Å². The summed E-state index contributed by atoms with van der Waals surface area (Å²) in [5.74, 6) is 1.02. The van der Waals surface area contributed by atoms with Gasteiger partial charge in [-0.3, -0.25) is 9.69 Å². The van der Waals surface area contributed by atoms with Gasteiger partial charge >= 0.3 is 0 Å². The van der Waals surface area contributed by atoms with E-state index in [0.29, 0.717) is 19.6 Å². The number of nitrogens with zero attached hydrogens (tertiary/aromatic N) is 5. The minimum absolute atomic E-state index is 0.0640. The molecule has 1 fully saturated rings. The second-order valence-corrected chi connectivity index (χ2v) is 10.1. The van der Waals surface area contributed by atoms with Crippen LogP contribution in [0.4, 0.5) is 0 Å². The van der Waals surface area contributed by atoms with Gasteiger partial charge in [-0.25, -0.2) is 4.68 Å². The molecule has 0 unspecified atom stereocenters. The van der Waals surface area contributed by atoms with Crippen molar-refractivity contribution >= 4 is 10.9 Å². The Balaban J connectivity index is 1.53. The van der Waals surface area contributed by atoms with Gasteiger partial charge < -0.3 is 9.72 Å². The van der Waals surface area contributed by atoms with E-state index in [9.17, 15) is 4.79 Å². The van der Waals surface area contributed by atoms with Gasteiger partial charge in [-0.05, 0) is 65.3 Å². The monoisotopic (exact) mass is 486 g/mol. The Morgan fingerprint density at radius 1 is 1.14 bits per heavy atom. The fraction of sp³-hybridized carbons (Fsp3) is 0.429. The minimum atomic E-state index is -0.0887. The summed E-state index contributed by atoms with van der Waals surface area (Å²) in [6.07, 6.45) is 2.22. The van der Waals surface area contributed by atoms with Crippen LogP contribution in [0, 0.1) is 12.8 Å². The topological polar surface area (TPSA) is 88.9 Å². The number of ether oxygens (including phenoxy) is 1. The molecule has 1 saturated heterocycles. The van der Waals surface area contributed by atoms with Gasteiger partial charge in [0.05, 0.1) is 18.7 Å². The van der Waals surface area contributed by atoms with Crippen LogP contribution in [0.3, 0.4) is 0 Å². The van der Waals surface area contributed by atoms with Gasteiger partial charge in [0.15, 0.2) is 5.82 Å². The first-order valence-corrected chi connectivity index (χ1v) is 12.8. The predicted octanol–water partition coefficient (Wildman–Crippen LogP) is 4.40. The highest BCUT2D eigenvalue weighted by Crippen LogP contribution is 2.31. The normalized spacial score (nSPS) is 16.9. The number of H-pyrrole nitrogens is 1. The molecule has 5 rings (SSSR count). The molecule has 188 valence electrons. The molecule has 2 atom stereocenters. The number of rotatable bonds is 9.